The minimum Gasteiger partial charge on any atom is -0.370 e. The number of nitrogens with zero attached hydrogens (tertiary/aromatic N) is 4. The largest absolute Gasteiger partial charge is 0.370 e. The Morgan fingerprint density at radius 3 is 2.63 bits per heavy atom. The van der Waals surface area contributed by atoms with Crippen LogP contribution in [0.5, 0.6) is 0 Å². The number of hydrogen-bond acceptors (Lipinski definition) is 5. The molecule has 0 radical (unpaired) electrons. The number of rotatable bonds is 7. The van der Waals surface area contributed by atoms with Gasteiger partial charge in [0.05, 0.1) is 22.3 Å². The summed E-state index contributed by atoms with van der Waals surface area (Å²) < 4.78 is 9.58. The number of benzene rings is 1. The standard InChI is InChI=1S/C26H34N6O3/c1-16-18(15-31(2)30-16)14-27-26(34)20-12-19(28-23(33)11-17-7-4-5-8-17)13-21-24(20)32(3)25(29-21)22-9-6-10-35-22/h12-13,15,17,22H,4-11,14H2,1-3H3,(H,27,34)(H,28,33)/t22-/m0/s1. The zero-order valence-electron chi connectivity index (χ0n) is 20.8. The molecule has 1 saturated heterocycles. The third kappa shape index (κ3) is 4.96. The molecule has 9 heteroatoms. The monoisotopic (exact) mass is 478 g/mol. The van der Waals surface area contributed by atoms with Crippen LogP contribution < -0.4 is 10.6 Å². The fourth-order valence-electron chi connectivity index (χ4n) is 5.47. The molecule has 1 saturated carbocycles. The van der Waals surface area contributed by atoms with E-state index < -0.39 is 0 Å². The first kappa shape index (κ1) is 23.5. The molecule has 35 heavy (non-hydrogen) atoms. The van der Waals surface area contributed by atoms with Crippen LogP contribution in [0, 0.1) is 12.8 Å². The second-order valence-corrected chi connectivity index (χ2v) is 9.92. The number of carbonyl (C=O) groups excluding carboxylic acids is 2. The smallest absolute Gasteiger partial charge is 0.253 e. The average Bonchev–Trinajstić information content (AvgIpc) is 3.61. The summed E-state index contributed by atoms with van der Waals surface area (Å²) in [6.45, 7) is 3.01. The Kier molecular flexibility index (Phi) is 6.60. The van der Waals surface area contributed by atoms with Crippen molar-refractivity contribution in [3.05, 3.63) is 41.0 Å². The van der Waals surface area contributed by atoms with Crippen molar-refractivity contribution in [3.63, 3.8) is 0 Å². The molecule has 2 fully saturated rings. The summed E-state index contributed by atoms with van der Waals surface area (Å²) in [6, 6.07) is 3.63. The van der Waals surface area contributed by atoms with Gasteiger partial charge < -0.3 is 19.9 Å². The summed E-state index contributed by atoms with van der Waals surface area (Å²) in [4.78, 5) is 31.0. The normalized spacial score (nSPS) is 18.4. The summed E-state index contributed by atoms with van der Waals surface area (Å²) >= 11 is 0. The summed E-state index contributed by atoms with van der Waals surface area (Å²) in [5.74, 6) is 1.03. The highest BCUT2D eigenvalue weighted by molar-refractivity contribution is 6.07. The Morgan fingerprint density at radius 2 is 1.94 bits per heavy atom. The van der Waals surface area contributed by atoms with E-state index in [1.165, 1.54) is 12.8 Å². The van der Waals surface area contributed by atoms with Gasteiger partial charge in [-0.15, -0.1) is 0 Å². The Bertz CT molecular complexity index is 1250. The van der Waals surface area contributed by atoms with Crippen LogP contribution in [0.3, 0.4) is 0 Å². The minimum atomic E-state index is -0.216. The lowest BCUT2D eigenvalue weighted by molar-refractivity contribution is -0.117. The molecule has 0 bridgehead atoms. The third-order valence-electron chi connectivity index (χ3n) is 7.25. The van der Waals surface area contributed by atoms with Crippen molar-refractivity contribution in [2.24, 2.45) is 20.0 Å². The molecular weight excluding hydrogens is 444 g/mol. The van der Waals surface area contributed by atoms with E-state index in [9.17, 15) is 9.59 Å². The van der Waals surface area contributed by atoms with Gasteiger partial charge in [0.25, 0.3) is 5.91 Å². The van der Waals surface area contributed by atoms with Crippen molar-refractivity contribution < 1.29 is 14.3 Å². The maximum atomic E-state index is 13.4. The highest BCUT2D eigenvalue weighted by Crippen LogP contribution is 2.33. The molecule has 1 aromatic carbocycles. The van der Waals surface area contributed by atoms with Gasteiger partial charge in [-0.3, -0.25) is 14.3 Å². The van der Waals surface area contributed by atoms with E-state index in [2.05, 4.69) is 15.7 Å². The molecule has 0 spiro atoms. The lowest BCUT2D eigenvalue weighted by atomic mass is 10.0. The van der Waals surface area contributed by atoms with E-state index in [-0.39, 0.29) is 17.9 Å². The Morgan fingerprint density at radius 1 is 1.14 bits per heavy atom. The number of anilines is 1. The number of fused-ring (bicyclic) bond motifs is 1. The lowest BCUT2D eigenvalue weighted by Crippen LogP contribution is -2.24. The van der Waals surface area contributed by atoms with Gasteiger partial charge in [0.1, 0.15) is 11.9 Å². The zero-order chi connectivity index (χ0) is 24.5. The number of amides is 2. The van der Waals surface area contributed by atoms with E-state index in [4.69, 9.17) is 9.72 Å². The molecule has 9 nitrogen and oxygen atoms in total. The number of nitrogens with one attached hydrogen (secondary N) is 2. The number of aromatic nitrogens is 4. The summed E-state index contributed by atoms with van der Waals surface area (Å²) in [7, 11) is 3.79. The third-order valence-corrected chi connectivity index (χ3v) is 7.25. The molecule has 186 valence electrons. The first-order valence-corrected chi connectivity index (χ1v) is 12.6. The SMILES string of the molecule is Cc1nn(C)cc1CNC(=O)c1cc(NC(=O)CC2CCCC2)cc2nc([C@@H]3CCCO3)n(C)c12. The number of hydrogen-bond donors (Lipinski definition) is 2. The van der Waals surface area contributed by atoms with E-state index in [1.807, 2.05) is 37.8 Å². The van der Waals surface area contributed by atoms with Gasteiger partial charge in [-0.2, -0.15) is 5.10 Å². The number of ether oxygens (including phenoxy) is 1. The van der Waals surface area contributed by atoms with Gasteiger partial charge in [0.2, 0.25) is 5.91 Å². The maximum absolute atomic E-state index is 13.4. The van der Waals surface area contributed by atoms with Gasteiger partial charge in [-0.05, 0) is 50.7 Å². The van der Waals surface area contributed by atoms with Gasteiger partial charge in [-0.1, -0.05) is 12.8 Å². The molecule has 3 heterocycles. The lowest BCUT2D eigenvalue weighted by Gasteiger charge is -2.13. The van der Waals surface area contributed by atoms with Gasteiger partial charge >= 0.3 is 0 Å². The van der Waals surface area contributed by atoms with Gasteiger partial charge in [0, 0.05) is 51.1 Å². The van der Waals surface area contributed by atoms with Crippen LogP contribution in [0.15, 0.2) is 18.3 Å². The quantitative estimate of drug-likeness (QED) is 0.536. The van der Waals surface area contributed by atoms with Gasteiger partial charge in [-0.25, -0.2) is 4.98 Å². The molecule has 1 atom stereocenters. The van der Waals surface area contributed by atoms with E-state index in [0.29, 0.717) is 42.3 Å². The molecule has 2 amide bonds. The van der Waals surface area contributed by atoms with Crippen molar-refractivity contribution in [3.8, 4) is 0 Å². The van der Waals surface area contributed by atoms with E-state index in [1.54, 1.807) is 10.7 Å². The zero-order valence-corrected chi connectivity index (χ0v) is 20.8. The average molecular weight is 479 g/mol. The van der Waals surface area contributed by atoms with Crippen molar-refractivity contribution in [1.82, 2.24) is 24.6 Å². The molecular formula is C26H34N6O3. The summed E-state index contributed by atoms with van der Waals surface area (Å²) in [5.41, 5.74) is 4.35. The predicted octanol–water partition coefficient (Wildman–Crippen LogP) is 3.92. The number of aryl methyl sites for hydroxylation is 3. The molecule has 1 aliphatic heterocycles. The van der Waals surface area contributed by atoms with E-state index >= 15 is 0 Å². The summed E-state index contributed by atoms with van der Waals surface area (Å²) in [5, 5.41) is 10.4. The summed E-state index contributed by atoms with van der Waals surface area (Å²) in [6.07, 6.45) is 8.86. The fourth-order valence-corrected chi connectivity index (χ4v) is 5.47. The number of carbonyl (C=O) groups is 2. The molecule has 0 unspecified atom stereocenters. The Labute approximate surface area is 205 Å². The highest BCUT2D eigenvalue weighted by atomic mass is 16.5. The van der Waals surface area contributed by atoms with Crippen molar-refractivity contribution in [2.75, 3.05) is 11.9 Å². The molecule has 2 aromatic heterocycles. The van der Waals surface area contributed by atoms with Crippen molar-refractivity contribution in [2.45, 2.75) is 64.5 Å². The topological polar surface area (TPSA) is 103 Å². The number of imidazole rings is 1. The second kappa shape index (κ2) is 9.81. The fraction of sp³-hybridized carbons (Fsp3) is 0.538. The van der Waals surface area contributed by atoms with Crippen LogP contribution in [0.2, 0.25) is 0 Å². The minimum absolute atomic E-state index is 0.0103. The maximum Gasteiger partial charge on any atom is 0.253 e. The molecule has 5 rings (SSSR count). The Balaban J connectivity index is 1.45. The molecule has 1 aliphatic carbocycles. The van der Waals surface area contributed by atoms with Crippen LogP contribution in [0.4, 0.5) is 5.69 Å². The van der Waals surface area contributed by atoms with Crippen LogP contribution >= 0.6 is 0 Å². The highest BCUT2D eigenvalue weighted by Gasteiger charge is 2.26. The van der Waals surface area contributed by atoms with Crippen LogP contribution in [-0.4, -0.2) is 37.8 Å². The first-order valence-electron chi connectivity index (χ1n) is 12.6. The predicted molar refractivity (Wildman–Crippen MR) is 133 cm³/mol. The van der Waals surface area contributed by atoms with Crippen molar-refractivity contribution >= 4 is 28.5 Å². The van der Waals surface area contributed by atoms with Gasteiger partial charge in [0.15, 0.2) is 0 Å². The second-order valence-electron chi connectivity index (χ2n) is 9.92. The first-order chi connectivity index (χ1) is 16.9. The molecule has 2 aliphatic rings. The van der Waals surface area contributed by atoms with Crippen molar-refractivity contribution in [1.29, 1.82) is 0 Å². The van der Waals surface area contributed by atoms with Crippen LogP contribution in [0.25, 0.3) is 11.0 Å². The molecule has 3 aromatic rings. The van der Waals surface area contributed by atoms with Crippen LogP contribution in [0.1, 0.15) is 78.5 Å². The van der Waals surface area contributed by atoms with E-state index in [0.717, 1.165) is 48.3 Å². The Hall–Kier alpha value is -3.20. The van der Waals surface area contributed by atoms with Crippen LogP contribution in [-0.2, 0) is 30.2 Å². The molecule has 2 N–H and O–H groups in total.